The molecule has 0 saturated heterocycles. The summed E-state index contributed by atoms with van der Waals surface area (Å²) in [6.07, 6.45) is 0. The van der Waals surface area contributed by atoms with Crippen LogP contribution in [0.5, 0.6) is 0 Å². The van der Waals surface area contributed by atoms with Gasteiger partial charge in [-0.15, -0.1) is 0 Å². The van der Waals surface area contributed by atoms with Gasteiger partial charge >= 0.3 is 0 Å². The van der Waals surface area contributed by atoms with Gasteiger partial charge in [0.15, 0.2) is 17.5 Å². The van der Waals surface area contributed by atoms with Crippen LogP contribution in [-0.4, -0.2) is 19.5 Å². The lowest BCUT2D eigenvalue weighted by atomic mass is 9.97. The van der Waals surface area contributed by atoms with Crippen molar-refractivity contribution in [3.8, 4) is 62.1 Å². The minimum Gasteiger partial charge on any atom is -0.309 e. The second-order valence-electron chi connectivity index (χ2n) is 12.7. The van der Waals surface area contributed by atoms with Crippen LogP contribution in [0, 0.1) is 12.7 Å². The third kappa shape index (κ3) is 5.55. The average molecular weight is 659 g/mol. The molecule has 242 valence electrons. The van der Waals surface area contributed by atoms with E-state index in [1.54, 1.807) is 12.1 Å². The molecular formula is C46H31FN4. The summed E-state index contributed by atoms with van der Waals surface area (Å²) in [5.41, 5.74) is 10.3. The molecule has 9 aromatic rings. The molecule has 2 aromatic heterocycles. The van der Waals surface area contributed by atoms with Gasteiger partial charge in [-0.05, 0) is 60.0 Å². The summed E-state index contributed by atoms with van der Waals surface area (Å²) in [4.78, 5) is 15.0. The van der Waals surface area contributed by atoms with E-state index in [1.165, 1.54) is 17.2 Å². The summed E-state index contributed by atoms with van der Waals surface area (Å²) in [5.74, 6) is 1.24. The summed E-state index contributed by atoms with van der Waals surface area (Å²) in [6.45, 7) is 2.11. The predicted molar refractivity (Wildman–Crippen MR) is 206 cm³/mol. The molecule has 0 atom stereocenters. The molecule has 7 aromatic carbocycles. The van der Waals surface area contributed by atoms with E-state index in [4.69, 9.17) is 15.0 Å². The van der Waals surface area contributed by atoms with E-state index >= 15 is 4.39 Å². The zero-order valence-electron chi connectivity index (χ0n) is 27.8. The Hall–Kier alpha value is -6.72. The maximum absolute atomic E-state index is 15.6. The SMILES string of the molecule is Cc1ccc(-c2ccc3c(c2)c2ccccc2n3-c2ccc(-c3ccccc3F)c(-c3nc(-c4ccccc4)nc(-c4ccccc4)n3)c2)cc1. The number of hydrogen-bond acceptors (Lipinski definition) is 3. The lowest BCUT2D eigenvalue weighted by molar-refractivity contribution is 0.631. The molecule has 0 radical (unpaired) electrons. The fraction of sp³-hybridized carbons (Fsp3) is 0.0217. The average Bonchev–Trinajstić information content (AvgIpc) is 3.52. The van der Waals surface area contributed by atoms with Gasteiger partial charge in [0.2, 0.25) is 0 Å². The molecule has 9 rings (SSSR count). The summed E-state index contributed by atoms with van der Waals surface area (Å²) < 4.78 is 17.9. The molecule has 0 unspecified atom stereocenters. The molecule has 51 heavy (non-hydrogen) atoms. The Morgan fingerprint density at radius 2 is 1.00 bits per heavy atom. The van der Waals surface area contributed by atoms with Gasteiger partial charge in [0, 0.05) is 38.7 Å². The predicted octanol–water partition coefficient (Wildman–Crippen LogP) is 11.8. The van der Waals surface area contributed by atoms with Crippen molar-refractivity contribution in [3.63, 3.8) is 0 Å². The number of fused-ring (bicyclic) bond motifs is 3. The molecule has 0 amide bonds. The number of aromatic nitrogens is 4. The van der Waals surface area contributed by atoms with Crippen molar-refractivity contribution in [1.29, 1.82) is 0 Å². The van der Waals surface area contributed by atoms with Gasteiger partial charge in [-0.1, -0.05) is 139 Å². The van der Waals surface area contributed by atoms with Crippen molar-refractivity contribution < 1.29 is 4.39 Å². The van der Waals surface area contributed by atoms with E-state index in [0.29, 0.717) is 34.2 Å². The van der Waals surface area contributed by atoms with Crippen molar-refractivity contribution in [2.45, 2.75) is 6.92 Å². The normalized spacial score (nSPS) is 11.3. The van der Waals surface area contributed by atoms with Crippen molar-refractivity contribution in [2.75, 3.05) is 0 Å². The Balaban J connectivity index is 1.30. The van der Waals surface area contributed by atoms with Gasteiger partial charge in [-0.25, -0.2) is 19.3 Å². The third-order valence-electron chi connectivity index (χ3n) is 9.42. The number of para-hydroxylation sites is 1. The molecule has 0 saturated carbocycles. The smallest absolute Gasteiger partial charge is 0.164 e. The van der Waals surface area contributed by atoms with Gasteiger partial charge in [0.05, 0.1) is 11.0 Å². The molecule has 5 heteroatoms. The van der Waals surface area contributed by atoms with E-state index < -0.39 is 0 Å². The first kappa shape index (κ1) is 30.3. The van der Waals surface area contributed by atoms with E-state index in [0.717, 1.165) is 44.2 Å². The maximum atomic E-state index is 15.6. The first-order valence-electron chi connectivity index (χ1n) is 17.0. The monoisotopic (exact) mass is 658 g/mol. The van der Waals surface area contributed by atoms with E-state index in [-0.39, 0.29) is 5.82 Å². The second kappa shape index (κ2) is 12.6. The highest BCUT2D eigenvalue weighted by atomic mass is 19.1. The van der Waals surface area contributed by atoms with Gasteiger partial charge in [-0.2, -0.15) is 0 Å². The lowest BCUT2D eigenvalue weighted by Crippen LogP contribution is -2.03. The Morgan fingerprint density at radius 1 is 0.412 bits per heavy atom. The van der Waals surface area contributed by atoms with Gasteiger partial charge < -0.3 is 4.57 Å². The number of rotatable bonds is 6. The number of hydrogen-bond donors (Lipinski definition) is 0. The summed E-state index contributed by atoms with van der Waals surface area (Å²) in [7, 11) is 0. The number of nitrogens with zero attached hydrogens (tertiary/aromatic N) is 4. The van der Waals surface area contributed by atoms with Crippen LogP contribution in [0.15, 0.2) is 170 Å². The molecule has 0 bridgehead atoms. The van der Waals surface area contributed by atoms with Gasteiger partial charge in [-0.3, -0.25) is 0 Å². The topological polar surface area (TPSA) is 43.6 Å². The minimum atomic E-state index is -0.312. The molecule has 0 aliphatic carbocycles. The fourth-order valence-electron chi connectivity index (χ4n) is 6.88. The van der Waals surface area contributed by atoms with Crippen LogP contribution in [0.1, 0.15) is 5.56 Å². The first-order chi connectivity index (χ1) is 25.1. The zero-order chi connectivity index (χ0) is 34.3. The first-order valence-corrected chi connectivity index (χ1v) is 17.0. The van der Waals surface area contributed by atoms with Gasteiger partial charge in [0.1, 0.15) is 5.82 Å². The highest BCUT2D eigenvalue weighted by Gasteiger charge is 2.20. The van der Waals surface area contributed by atoms with Crippen LogP contribution in [0.25, 0.3) is 83.9 Å². The molecule has 0 fully saturated rings. The van der Waals surface area contributed by atoms with E-state index in [9.17, 15) is 0 Å². The van der Waals surface area contributed by atoms with Crippen LogP contribution in [0.3, 0.4) is 0 Å². The van der Waals surface area contributed by atoms with Crippen LogP contribution >= 0.6 is 0 Å². The Labute approximate surface area is 295 Å². The quantitative estimate of drug-likeness (QED) is 0.179. The molecule has 4 nitrogen and oxygen atoms in total. The van der Waals surface area contributed by atoms with Crippen LogP contribution < -0.4 is 0 Å². The van der Waals surface area contributed by atoms with Crippen molar-refractivity contribution >= 4 is 21.8 Å². The van der Waals surface area contributed by atoms with Crippen molar-refractivity contribution in [1.82, 2.24) is 19.5 Å². The highest BCUT2D eigenvalue weighted by Crippen LogP contribution is 2.39. The standard InChI is InChI=1S/C46H31FN4/c1-30-20-22-31(23-21-30)34-24-27-43-39(28-34)38-17-9-11-19-42(38)51(43)35-25-26-36(37-16-8-10-18-41(37)47)40(29-35)46-49-44(32-12-4-2-5-13-32)48-45(50-46)33-14-6-3-7-15-33/h2-29H,1H3. The van der Waals surface area contributed by atoms with Crippen LogP contribution in [-0.2, 0) is 0 Å². The number of halogens is 1. The number of benzene rings is 7. The molecule has 0 N–H and O–H groups in total. The highest BCUT2D eigenvalue weighted by molar-refractivity contribution is 6.10. The minimum absolute atomic E-state index is 0.312. The third-order valence-corrected chi connectivity index (χ3v) is 9.42. The largest absolute Gasteiger partial charge is 0.309 e. The Bertz CT molecular complexity index is 2640. The zero-order valence-corrected chi connectivity index (χ0v) is 27.8. The van der Waals surface area contributed by atoms with Gasteiger partial charge in [0.25, 0.3) is 0 Å². The lowest BCUT2D eigenvalue weighted by Gasteiger charge is -2.16. The Kier molecular flexibility index (Phi) is 7.51. The van der Waals surface area contributed by atoms with E-state index in [1.807, 2.05) is 72.8 Å². The molecule has 2 heterocycles. The molecule has 0 aliphatic rings. The molecular weight excluding hydrogens is 628 g/mol. The number of aryl methyl sites for hydroxylation is 1. The van der Waals surface area contributed by atoms with Crippen molar-refractivity contribution in [2.24, 2.45) is 0 Å². The summed E-state index contributed by atoms with van der Waals surface area (Å²) in [6, 6.07) is 56.5. The van der Waals surface area contributed by atoms with Crippen LogP contribution in [0.2, 0.25) is 0 Å². The van der Waals surface area contributed by atoms with Crippen LogP contribution in [0.4, 0.5) is 4.39 Å². The molecule has 0 aliphatic heterocycles. The Morgan fingerprint density at radius 3 is 1.71 bits per heavy atom. The maximum Gasteiger partial charge on any atom is 0.164 e. The van der Waals surface area contributed by atoms with Crippen molar-refractivity contribution in [3.05, 3.63) is 181 Å². The molecule has 0 spiro atoms. The van der Waals surface area contributed by atoms with E-state index in [2.05, 4.69) is 90.4 Å². The summed E-state index contributed by atoms with van der Waals surface area (Å²) >= 11 is 0. The fourth-order valence-corrected chi connectivity index (χ4v) is 6.88. The second-order valence-corrected chi connectivity index (χ2v) is 12.7. The summed E-state index contributed by atoms with van der Waals surface area (Å²) in [5, 5.41) is 2.31.